The van der Waals surface area contributed by atoms with E-state index in [-0.39, 0.29) is 22.3 Å². The number of hydrogen-bond acceptors (Lipinski definition) is 7. The average molecular weight is 392 g/mol. The molecular weight excluding hydrogens is 376 g/mol. The lowest BCUT2D eigenvalue weighted by Crippen LogP contribution is -2.34. The molecule has 0 radical (unpaired) electrons. The van der Waals surface area contributed by atoms with E-state index in [1.165, 1.54) is 42.7 Å². The van der Waals surface area contributed by atoms with E-state index in [0.29, 0.717) is 0 Å². The molecule has 1 saturated carbocycles. The Morgan fingerprint density at radius 3 is 2.41 bits per heavy atom. The zero-order chi connectivity index (χ0) is 19.4. The van der Waals surface area contributed by atoms with E-state index in [1.807, 2.05) is 5.32 Å². The molecule has 1 aliphatic carbocycles. The normalized spacial score (nSPS) is 13.8. The van der Waals surface area contributed by atoms with Crippen LogP contribution in [0.4, 0.5) is 0 Å². The number of rotatable bonds is 7. The molecule has 0 aliphatic heterocycles. The van der Waals surface area contributed by atoms with Crippen molar-refractivity contribution in [3.05, 3.63) is 54.0 Å². The van der Waals surface area contributed by atoms with Crippen molar-refractivity contribution in [1.82, 2.24) is 10.0 Å². The van der Waals surface area contributed by atoms with E-state index in [0.717, 1.165) is 12.8 Å². The van der Waals surface area contributed by atoms with Gasteiger partial charge in [0.05, 0.1) is 16.7 Å². The maximum absolute atomic E-state index is 12.1. The van der Waals surface area contributed by atoms with Crippen LogP contribution in [0.25, 0.3) is 0 Å². The Labute approximate surface area is 154 Å². The Morgan fingerprint density at radius 1 is 1.11 bits per heavy atom. The number of furan rings is 1. The lowest BCUT2D eigenvalue weighted by atomic mass is 10.2. The molecule has 2 N–H and O–H groups in total. The monoisotopic (exact) mass is 392 g/mol. The third kappa shape index (κ3) is 5.02. The van der Waals surface area contributed by atoms with Crippen LogP contribution in [0.1, 0.15) is 33.8 Å². The number of nitrogens with one attached hydrogen (secondary N) is 2. The van der Waals surface area contributed by atoms with Gasteiger partial charge in [0.2, 0.25) is 10.0 Å². The number of sulfonamides is 1. The minimum atomic E-state index is -3.61. The Hall–Kier alpha value is -2.98. The van der Waals surface area contributed by atoms with Crippen molar-refractivity contribution < 1.29 is 32.0 Å². The summed E-state index contributed by atoms with van der Waals surface area (Å²) in [5, 5.41) is 2.01. The lowest BCUT2D eigenvalue weighted by molar-refractivity contribution is -0.123. The fraction of sp³-hybridized carbons (Fsp3) is 0.235. The van der Waals surface area contributed by atoms with E-state index in [4.69, 9.17) is 9.15 Å². The maximum Gasteiger partial charge on any atom is 0.338 e. The molecule has 142 valence electrons. The van der Waals surface area contributed by atoms with E-state index in [9.17, 15) is 22.8 Å². The summed E-state index contributed by atoms with van der Waals surface area (Å²) in [5.41, 5.74) is 0.0746. The second-order valence-electron chi connectivity index (χ2n) is 5.85. The molecular formula is C17H16N2O7S. The molecule has 10 heteroatoms. The first-order valence-electron chi connectivity index (χ1n) is 8.02. The number of carbonyl (C=O) groups excluding carboxylic acids is 3. The summed E-state index contributed by atoms with van der Waals surface area (Å²) in [6.45, 7) is -0.672. The number of esters is 1. The molecule has 1 aromatic heterocycles. The number of ether oxygens (including phenoxy) is 1. The topological polar surface area (TPSA) is 132 Å². The van der Waals surface area contributed by atoms with Crippen molar-refractivity contribution in [3.8, 4) is 0 Å². The van der Waals surface area contributed by atoms with Crippen LogP contribution in [-0.2, 0) is 19.6 Å². The molecule has 9 nitrogen and oxygen atoms in total. The highest BCUT2D eigenvalue weighted by molar-refractivity contribution is 7.89. The molecule has 27 heavy (non-hydrogen) atoms. The van der Waals surface area contributed by atoms with Crippen molar-refractivity contribution in [3.63, 3.8) is 0 Å². The number of amides is 2. The van der Waals surface area contributed by atoms with Gasteiger partial charge < -0.3 is 9.15 Å². The van der Waals surface area contributed by atoms with Crippen LogP contribution in [-0.4, -0.2) is 38.9 Å². The average Bonchev–Trinajstić information content (AvgIpc) is 3.26. The minimum Gasteiger partial charge on any atom is -0.459 e. The van der Waals surface area contributed by atoms with Gasteiger partial charge in [-0.15, -0.1) is 0 Å². The first-order valence-corrected chi connectivity index (χ1v) is 9.51. The van der Waals surface area contributed by atoms with Crippen molar-refractivity contribution in [2.45, 2.75) is 23.8 Å². The van der Waals surface area contributed by atoms with Crippen molar-refractivity contribution in [2.75, 3.05) is 6.61 Å². The van der Waals surface area contributed by atoms with Crippen molar-refractivity contribution in [2.24, 2.45) is 0 Å². The lowest BCUT2D eigenvalue weighted by Gasteiger charge is -2.07. The van der Waals surface area contributed by atoms with Gasteiger partial charge in [-0.2, -0.15) is 0 Å². The predicted molar refractivity (Wildman–Crippen MR) is 91.2 cm³/mol. The Morgan fingerprint density at radius 2 is 1.81 bits per heavy atom. The highest BCUT2D eigenvalue weighted by atomic mass is 32.2. The van der Waals surface area contributed by atoms with E-state index < -0.39 is 34.4 Å². The molecule has 1 aromatic carbocycles. The summed E-state index contributed by atoms with van der Waals surface area (Å²) < 4.78 is 36.3. The quantitative estimate of drug-likeness (QED) is 0.667. The summed E-state index contributed by atoms with van der Waals surface area (Å²) in [6.07, 6.45) is 2.91. The number of hydrogen-bond donors (Lipinski definition) is 2. The predicted octanol–water partition coefficient (Wildman–Crippen LogP) is 0.834. The largest absolute Gasteiger partial charge is 0.459 e. The minimum absolute atomic E-state index is 0.0259. The van der Waals surface area contributed by atoms with Gasteiger partial charge in [-0.05, 0) is 49.2 Å². The molecule has 0 saturated heterocycles. The van der Waals surface area contributed by atoms with E-state index in [2.05, 4.69) is 4.72 Å². The fourth-order valence-corrected chi connectivity index (χ4v) is 3.41. The summed E-state index contributed by atoms with van der Waals surface area (Å²) >= 11 is 0. The smallest absolute Gasteiger partial charge is 0.338 e. The van der Waals surface area contributed by atoms with Gasteiger partial charge in [-0.25, -0.2) is 17.9 Å². The first-order chi connectivity index (χ1) is 12.8. The third-order valence-corrected chi connectivity index (χ3v) is 5.17. The molecule has 0 atom stereocenters. The van der Waals surface area contributed by atoms with Crippen LogP contribution >= 0.6 is 0 Å². The molecule has 2 aromatic rings. The Balaban J connectivity index is 1.51. The molecule has 2 amide bonds. The first kappa shape index (κ1) is 18.8. The number of benzene rings is 1. The Bertz CT molecular complexity index is 946. The second kappa shape index (κ2) is 7.72. The standard InChI is InChI=1S/C17H16N2O7S/c20-15(18-16(21)14-2-1-9-25-14)10-26-17(22)11-3-7-13(8-4-11)27(23,24)19-12-5-6-12/h1-4,7-9,12,19H,5-6,10H2,(H,18,20,21). The molecule has 0 bridgehead atoms. The zero-order valence-electron chi connectivity index (χ0n) is 14.0. The number of imide groups is 1. The summed E-state index contributed by atoms with van der Waals surface area (Å²) in [6, 6.07) is 7.97. The van der Waals surface area contributed by atoms with Crippen LogP contribution in [0.3, 0.4) is 0 Å². The Kier molecular flexibility index (Phi) is 5.38. The summed E-state index contributed by atoms with van der Waals surface area (Å²) in [7, 11) is -3.61. The van der Waals surface area contributed by atoms with Crippen LogP contribution < -0.4 is 10.0 Å². The zero-order valence-corrected chi connectivity index (χ0v) is 14.8. The van der Waals surface area contributed by atoms with Gasteiger partial charge in [0.15, 0.2) is 12.4 Å². The molecule has 1 aliphatic rings. The van der Waals surface area contributed by atoms with E-state index >= 15 is 0 Å². The summed E-state index contributed by atoms with van der Waals surface area (Å²) in [5.74, 6) is -2.45. The van der Waals surface area contributed by atoms with Gasteiger partial charge in [-0.3, -0.25) is 14.9 Å². The highest BCUT2D eigenvalue weighted by Gasteiger charge is 2.28. The van der Waals surface area contributed by atoms with Crippen molar-refractivity contribution in [1.29, 1.82) is 0 Å². The van der Waals surface area contributed by atoms with Crippen LogP contribution in [0, 0.1) is 0 Å². The summed E-state index contributed by atoms with van der Waals surface area (Å²) in [4.78, 5) is 35.2. The SMILES string of the molecule is O=C(COC(=O)c1ccc(S(=O)(=O)NC2CC2)cc1)NC(=O)c1ccco1. The van der Waals surface area contributed by atoms with Gasteiger partial charge in [0.1, 0.15) is 0 Å². The highest BCUT2D eigenvalue weighted by Crippen LogP contribution is 2.22. The van der Waals surface area contributed by atoms with Crippen LogP contribution in [0.2, 0.25) is 0 Å². The fourth-order valence-electron chi connectivity index (χ4n) is 2.11. The van der Waals surface area contributed by atoms with Gasteiger partial charge in [0.25, 0.3) is 11.8 Å². The molecule has 3 rings (SSSR count). The second-order valence-corrected chi connectivity index (χ2v) is 7.56. The van der Waals surface area contributed by atoms with Gasteiger partial charge in [-0.1, -0.05) is 0 Å². The third-order valence-electron chi connectivity index (χ3n) is 3.63. The van der Waals surface area contributed by atoms with Gasteiger partial charge in [0, 0.05) is 6.04 Å². The molecule has 0 spiro atoms. The van der Waals surface area contributed by atoms with E-state index in [1.54, 1.807) is 0 Å². The molecule has 0 unspecified atom stereocenters. The molecule has 1 heterocycles. The van der Waals surface area contributed by atoms with Crippen LogP contribution in [0.15, 0.2) is 52.0 Å². The number of carbonyl (C=O) groups is 3. The van der Waals surface area contributed by atoms with Crippen molar-refractivity contribution >= 4 is 27.8 Å². The van der Waals surface area contributed by atoms with Crippen LogP contribution in [0.5, 0.6) is 0 Å². The van der Waals surface area contributed by atoms with Gasteiger partial charge >= 0.3 is 5.97 Å². The molecule has 1 fully saturated rings. The maximum atomic E-state index is 12.1.